The molecular weight excluding hydrogens is 166 g/mol. The highest BCUT2D eigenvalue weighted by atomic mass is 16.7. The van der Waals surface area contributed by atoms with E-state index in [1.54, 1.807) is 24.7 Å². The molecule has 0 aliphatic carbocycles. The van der Waals surface area contributed by atoms with Crippen molar-refractivity contribution in [2.45, 2.75) is 6.61 Å². The minimum atomic E-state index is 0.433. The molecule has 13 heavy (non-hydrogen) atoms. The van der Waals surface area contributed by atoms with E-state index < -0.39 is 0 Å². The van der Waals surface area contributed by atoms with Crippen LogP contribution in [0.2, 0.25) is 0 Å². The van der Waals surface area contributed by atoms with Gasteiger partial charge in [0.25, 0.3) is 0 Å². The predicted octanol–water partition coefficient (Wildman–Crippen LogP) is 0.907. The van der Waals surface area contributed by atoms with E-state index in [2.05, 4.69) is 10.1 Å². The van der Waals surface area contributed by atoms with Crippen molar-refractivity contribution in [2.75, 3.05) is 0 Å². The Morgan fingerprint density at radius 1 is 1.23 bits per heavy atom. The molecule has 0 saturated carbocycles. The van der Waals surface area contributed by atoms with Crippen molar-refractivity contribution >= 4 is 0 Å². The summed E-state index contributed by atoms with van der Waals surface area (Å²) in [5, 5.41) is 3.90. The molecule has 4 heteroatoms. The topological polar surface area (TPSA) is 39.9 Å². The monoisotopic (exact) mass is 175 g/mol. The first-order chi connectivity index (χ1) is 6.45. The molecule has 4 nitrogen and oxygen atoms in total. The van der Waals surface area contributed by atoms with E-state index >= 15 is 0 Å². The van der Waals surface area contributed by atoms with Crippen molar-refractivity contribution in [1.29, 1.82) is 0 Å². The Balaban J connectivity index is 1.94. The molecular formula is C9H9N3O. The van der Waals surface area contributed by atoms with E-state index in [9.17, 15) is 0 Å². The molecule has 0 aliphatic heterocycles. The molecule has 0 aliphatic rings. The van der Waals surface area contributed by atoms with Gasteiger partial charge >= 0.3 is 0 Å². The Hall–Kier alpha value is -1.84. The van der Waals surface area contributed by atoms with Crippen molar-refractivity contribution < 1.29 is 4.84 Å². The molecule has 0 radical (unpaired) electrons. The number of nitrogens with zero attached hydrogens (tertiary/aromatic N) is 3. The molecule has 0 unspecified atom stereocenters. The normalized spacial score (nSPS) is 9.85. The second-order valence-electron chi connectivity index (χ2n) is 2.50. The predicted molar refractivity (Wildman–Crippen MR) is 46.7 cm³/mol. The van der Waals surface area contributed by atoms with Crippen LogP contribution < -0.4 is 4.84 Å². The van der Waals surface area contributed by atoms with Crippen molar-refractivity contribution in [3.63, 3.8) is 0 Å². The molecule has 2 rings (SSSR count). The quantitative estimate of drug-likeness (QED) is 0.696. The molecule has 0 N–H and O–H groups in total. The maximum atomic E-state index is 5.28. The van der Waals surface area contributed by atoms with Crippen LogP contribution >= 0.6 is 0 Å². The van der Waals surface area contributed by atoms with Gasteiger partial charge in [0.15, 0.2) is 6.61 Å². The number of aromatic nitrogens is 3. The average molecular weight is 175 g/mol. The van der Waals surface area contributed by atoms with Gasteiger partial charge < -0.3 is 4.84 Å². The van der Waals surface area contributed by atoms with Gasteiger partial charge in [-0.25, -0.2) is 0 Å². The van der Waals surface area contributed by atoms with Crippen LogP contribution in [0.3, 0.4) is 0 Å². The van der Waals surface area contributed by atoms with Crippen LogP contribution in [0.5, 0.6) is 0 Å². The molecule has 2 aromatic heterocycles. The van der Waals surface area contributed by atoms with Crippen LogP contribution in [-0.2, 0) is 6.61 Å². The SMILES string of the molecule is c1ccc(COn2cccn2)nc1. The zero-order valence-electron chi connectivity index (χ0n) is 7.00. The number of pyridine rings is 1. The van der Waals surface area contributed by atoms with Gasteiger partial charge in [-0.3, -0.25) is 4.98 Å². The highest BCUT2D eigenvalue weighted by molar-refractivity contribution is 5.01. The van der Waals surface area contributed by atoms with Crippen molar-refractivity contribution in [2.24, 2.45) is 0 Å². The summed E-state index contributed by atoms with van der Waals surface area (Å²) in [5.41, 5.74) is 0.887. The van der Waals surface area contributed by atoms with Gasteiger partial charge in [0, 0.05) is 6.20 Å². The van der Waals surface area contributed by atoms with Crippen LogP contribution in [0.15, 0.2) is 42.9 Å². The molecule has 0 bridgehead atoms. The van der Waals surface area contributed by atoms with Gasteiger partial charge in [-0.15, -0.1) is 9.94 Å². The molecule has 0 atom stereocenters. The third-order valence-corrected chi connectivity index (χ3v) is 1.55. The lowest BCUT2D eigenvalue weighted by atomic mass is 10.4. The fourth-order valence-corrected chi connectivity index (χ4v) is 0.947. The van der Waals surface area contributed by atoms with E-state index in [0.717, 1.165) is 5.69 Å². The summed E-state index contributed by atoms with van der Waals surface area (Å²) in [5.74, 6) is 0. The zero-order valence-corrected chi connectivity index (χ0v) is 7.00. The second-order valence-corrected chi connectivity index (χ2v) is 2.50. The maximum absolute atomic E-state index is 5.28. The standard InChI is InChI=1S/C9H9N3O/c1-2-5-10-9(4-1)8-13-12-7-3-6-11-12/h1-7H,8H2. The minimum Gasteiger partial charge on any atom is -0.390 e. The molecule has 0 aromatic carbocycles. The summed E-state index contributed by atoms with van der Waals surface area (Å²) in [6.07, 6.45) is 5.14. The fraction of sp³-hybridized carbons (Fsp3) is 0.111. The summed E-state index contributed by atoms with van der Waals surface area (Å²) < 4.78 is 0. The Kier molecular flexibility index (Phi) is 2.22. The smallest absolute Gasteiger partial charge is 0.159 e. The Bertz CT molecular complexity index is 344. The largest absolute Gasteiger partial charge is 0.390 e. The van der Waals surface area contributed by atoms with Crippen molar-refractivity contribution in [3.8, 4) is 0 Å². The molecule has 2 aromatic rings. The maximum Gasteiger partial charge on any atom is 0.159 e. The zero-order chi connectivity index (χ0) is 8.93. The summed E-state index contributed by atoms with van der Waals surface area (Å²) in [6, 6.07) is 7.51. The van der Waals surface area contributed by atoms with Gasteiger partial charge in [0.1, 0.15) is 0 Å². The third-order valence-electron chi connectivity index (χ3n) is 1.55. The van der Waals surface area contributed by atoms with E-state index in [-0.39, 0.29) is 0 Å². The van der Waals surface area contributed by atoms with Gasteiger partial charge in [-0.1, -0.05) is 6.07 Å². The first-order valence-corrected chi connectivity index (χ1v) is 3.98. The van der Waals surface area contributed by atoms with Gasteiger partial charge in [-0.2, -0.15) is 0 Å². The first-order valence-electron chi connectivity index (χ1n) is 3.98. The number of hydrogen-bond acceptors (Lipinski definition) is 3. The summed E-state index contributed by atoms with van der Waals surface area (Å²) in [7, 11) is 0. The van der Waals surface area contributed by atoms with Crippen LogP contribution in [-0.4, -0.2) is 14.9 Å². The highest BCUT2D eigenvalue weighted by Gasteiger charge is 1.93. The summed E-state index contributed by atoms with van der Waals surface area (Å²) >= 11 is 0. The van der Waals surface area contributed by atoms with Crippen LogP contribution in [0.4, 0.5) is 0 Å². The highest BCUT2D eigenvalue weighted by Crippen LogP contribution is 1.93. The Morgan fingerprint density at radius 3 is 2.92 bits per heavy atom. The van der Waals surface area contributed by atoms with Gasteiger partial charge in [0.2, 0.25) is 0 Å². The first kappa shape index (κ1) is 7.79. The van der Waals surface area contributed by atoms with Gasteiger partial charge in [0.05, 0.1) is 18.1 Å². The van der Waals surface area contributed by atoms with Crippen LogP contribution in [0, 0.1) is 0 Å². The summed E-state index contributed by atoms with van der Waals surface area (Å²) in [4.78, 5) is 10.8. The molecule has 0 spiro atoms. The van der Waals surface area contributed by atoms with Crippen molar-refractivity contribution in [3.05, 3.63) is 48.5 Å². The third kappa shape index (κ3) is 2.05. The van der Waals surface area contributed by atoms with Crippen molar-refractivity contribution in [1.82, 2.24) is 14.9 Å². The molecule has 0 fully saturated rings. The molecule has 2 heterocycles. The Morgan fingerprint density at radius 2 is 2.23 bits per heavy atom. The van der Waals surface area contributed by atoms with E-state index in [1.165, 1.54) is 4.85 Å². The fourth-order valence-electron chi connectivity index (χ4n) is 0.947. The number of hydrogen-bond donors (Lipinski definition) is 0. The lowest BCUT2D eigenvalue weighted by molar-refractivity contribution is 0.0680. The lowest BCUT2D eigenvalue weighted by Crippen LogP contribution is -2.11. The second kappa shape index (κ2) is 3.71. The Labute approximate surface area is 75.7 Å². The van der Waals surface area contributed by atoms with Crippen LogP contribution in [0.1, 0.15) is 5.69 Å². The van der Waals surface area contributed by atoms with Gasteiger partial charge in [-0.05, 0) is 18.2 Å². The summed E-state index contributed by atoms with van der Waals surface area (Å²) in [6.45, 7) is 0.433. The minimum absolute atomic E-state index is 0.433. The van der Waals surface area contributed by atoms with Crippen LogP contribution in [0.25, 0.3) is 0 Å². The van der Waals surface area contributed by atoms with E-state index in [4.69, 9.17) is 4.84 Å². The average Bonchev–Trinajstić information content (AvgIpc) is 2.69. The molecule has 66 valence electrons. The lowest BCUT2D eigenvalue weighted by Gasteiger charge is -2.02. The molecule has 0 saturated heterocycles. The number of rotatable bonds is 3. The molecule has 0 amide bonds. The van der Waals surface area contributed by atoms with E-state index in [1.807, 2.05) is 18.2 Å². The van der Waals surface area contributed by atoms with E-state index in [0.29, 0.717) is 6.61 Å².